The van der Waals surface area contributed by atoms with E-state index < -0.39 is 6.04 Å². The Balaban J connectivity index is 0. The third-order valence-electron chi connectivity index (χ3n) is 0.849. The Bertz CT molecular complexity index is 98.9. The van der Waals surface area contributed by atoms with E-state index in [4.69, 9.17) is 0 Å². The molecule has 0 aliphatic rings. The second-order valence-electron chi connectivity index (χ2n) is 1.57. The molecule has 0 aromatic heterocycles. The van der Waals surface area contributed by atoms with Gasteiger partial charge in [-0.25, -0.2) is 0 Å². The summed E-state index contributed by atoms with van der Waals surface area (Å²) >= 11 is 0. The second kappa shape index (κ2) is 6.80. The molecule has 0 aliphatic carbocycles. The van der Waals surface area contributed by atoms with Crippen molar-refractivity contribution in [1.82, 2.24) is 5.48 Å². The lowest BCUT2D eigenvalue weighted by molar-refractivity contribution is -0.146. The Hall–Kier alpha value is -0.320. The molecule has 0 saturated carbocycles. The molecule has 4 nitrogen and oxygen atoms in total. The number of esters is 1. The fraction of sp³-hybridized carbons (Fsp3) is 0.800. The zero-order valence-electron chi connectivity index (χ0n) is 6.21. The van der Waals surface area contributed by atoms with Crippen molar-refractivity contribution in [2.75, 3.05) is 14.2 Å². The molecule has 5 heteroatoms. The minimum Gasteiger partial charge on any atom is -0.468 e. The summed E-state index contributed by atoms with van der Waals surface area (Å²) < 4.78 is 4.38. The van der Waals surface area contributed by atoms with Crippen LogP contribution in [-0.2, 0) is 14.4 Å². The van der Waals surface area contributed by atoms with E-state index in [0.717, 1.165) is 0 Å². The molecule has 0 aliphatic heterocycles. The number of hydrogen-bond acceptors (Lipinski definition) is 4. The summed E-state index contributed by atoms with van der Waals surface area (Å²) in [5.74, 6) is -0.336. The second-order valence-corrected chi connectivity index (χ2v) is 1.57. The third-order valence-corrected chi connectivity index (χ3v) is 0.849. The van der Waals surface area contributed by atoms with Gasteiger partial charge in [0.15, 0.2) is 0 Å². The Morgan fingerprint density at radius 1 is 1.50 bits per heavy atom. The Labute approximate surface area is 66.2 Å². The van der Waals surface area contributed by atoms with E-state index in [2.05, 4.69) is 15.1 Å². The minimum absolute atomic E-state index is 0. The molecule has 10 heavy (non-hydrogen) atoms. The van der Waals surface area contributed by atoms with Crippen molar-refractivity contribution in [2.45, 2.75) is 13.0 Å². The number of hydrogen-bond donors (Lipinski definition) is 1. The molecule has 0 bridgehead atoms. The van der Waals surface area contributed by atoms with Gasteiger partial charge in [-0.15, -0.1) is 12.4 Å². The van der Waals surface area contributed by atoms with E-state index in [9.17, 15) is 4.79 Å². The Morgan fingerprint density at radius 3 is 2.30 bits per heavy atom. The highest BCUT2D eigenvalue weighted by molar-refractivity contribution is 5.85. The van der Waals surface area contributed by atoms with Gasteiger partial charge in [-0.2, -0.15) is 5.48 Å². The van der Waals surface area contributed by atoms with Crippen LogP contribution < -0.4 is 5.48 Å². The number of carbonyl (C=O) groups excluding carboxylic acids is 1. The number of nitrogens with one attached hydrogen (secondary N) is 1. The van der Waals surface area contributed by atoms with Crippen LogP contribution in [0.1, 0.15) is 6.92 Å². The maximum absolute atomic E-state index is 10.5. The molecule has 1 unspecified atom stereocenters. The average molecular weight is 170 g/mol. The van der Waals surface area contributed by atoms with Crippen molar-refractivity contribution in [3.05, 3.63) is 0 Å². The van der Waals surface area contributed by atoms with E-state index in [1.807, 2.05) is 0 Å². The first kappa shape index (κ1) is 12.4. The lowest BCUT2D eigenvalue weighted by Gasteiger charge is -2.07. The van der Waals surface area contributed by atoms with Crippen molar-refractivity contribution < 1.29 is 14.4 Å². The van der Waals surface area contributed by atoms with Gasteiger partial charge < -0.3 is 9.57 Å². The molecule has 0 saturated heterocycles. The van der Waals surface area contributed by atoms with Crippen LogP contribution in [0.25, 0.3) is 0 Å². The van der Waals surface area contributed by atoms with Gasteiger partial charge in [-0.1, -0.05) is 0 Å². The largest absolute Gasteiger partial charge is 0.468 e. The van der Waals surface area contributed by atoms with E-state index in [1.54, 1.807) is 6.92 Å². The van der Waals surface area contributed by atoms with Crippen molar-refractivity contribution in [3.8, 4) is 0 Å². The summed E-state index contributed by atoms with van der Waals surface area (Å²) in [5.41, 5.74) is 2.42. The van der Waals surface area contributed by atoms with E-state index in [1.165, 1.54) is 14.2 Å². The zero-order chi connectivity index (χ0) is 7.28. The van der Waals surface area contributed by atoms with Gasteiger partial charge in [0, 0.05) is 0 Å². The average Bonchev–Trinajstić information content (AvgIpc) is 1.87. The highest BCUT2D eigenvalue weighted by Gasteiger charge is 2.10. The molecule has 0 fully saturated rings. The first-order valence-electron chi connectivity index (χ1n) is 2.58. The van der Waals surface area contributed by atoms with Crippen LogP contribution in [0.15, 0.2) is 0 Å². The van der Waals surface area contributed by atoms with Gasteiger partial charge >= 0.3 is 5.97 Å². The van der Waals surface area contributed by atoms with Crippen LogP contribution in [0.4, 0.5) is 0 Å². The summed E-state index contributed by atoms with van der Waals surface area (Å²) in [5, 5.41) is 0. The first-order valence-corrected chi connectivity index (χ1v) is 2.58. The van der Waals surface area contributed by atoms with Gasteiger partial charge in [0.05, 0.1) is 14.2 Å². The van der Waals surface area contributed by atoms with Crippen LogP contribution in [0.3, 0.4) is 0 Å². The number of hydroxylamine groups is 1. The molecule has 1 atom stereocenters. The van der Waals surface area contributed by atoms with Crippen molar-refractivity contribution in [2.24, 2.45) is 0 Å². The normalized spacial score (nSPS) is 11.5. The van der Waals surface area contributed by atoms with Gasteiger partial charge in [0.25, 0.3) is 0 Å². The molecule has 62 valence electrons. The van der Waals surface area contributed by atoms with Gasteiger partial charge in [0.2, 0.25) is 0 Å². The lowest BCUT2D eigenvalue weighted by Crippen LogP contribution is -2.33. The smallest absolute Gasteiger partial charge is 0.324 e. The summed E-state index contributed by atoms with van der Waals surface area (Å²) in [6.07, 6.45) is 0. The summed E-state index contributed by atoms with van der Waals surface area (Å²) in [6, 6.07) is -0.403. The molecule has 0 aromatic carbocycles. The molecule has 0 radical (unpaired) electrons. The molecule has 0 amide bonds. The monoisotopic (exact) mass is 169 g/mol. The van der Waals surface area contributed by atoms with Gasteiger partial charge in [0.1, 0.15) is 6.04 Å². The maximum atomic E-state index is 10.5. The molecular formula is C5H12ClNO3. The first-order chi connectivity index (χ1) is 4.22. The Kier molecular flexibility index (Phi) is 8.40. The molecule has 1 N–H and O–H groups in total. The standard InChI is InChI=1S/C5H11NO3.ClH/c1-4(6-9-3)5(7)8-2;/h4,6H,1-3H3;1H. The zero-order valence-corrected chi connectivity index (χ0v) is 7.03. The lowest BCUT2D eigenvalue weighted by atomic mass is 10.4. The van der Waals surface area contributed by atoms with Crippen LogP contribution in [0.5, 0.6) is 0 Å². The van der Waals surface area contributed by atoms with Crippen LogP contribution in [-0.4, -0.2) is 26.2 Å². The highest BCUT2D eigenvalue weighted by atomic mass is 35.5. The van der Waals surface area contributed by atoms with E-state index in [-0.39, 0.29) is 18.4 Å². The highest BCUT2D eigenvalue weighted by Crippen LogP contribution is 1.83. The number of carbonyl (C=O) groups is 1. The molecule has 0 aromatic rings. The topological polar surface area (TPSA) is 47.6 Å². The van der Waals surface area contributed by atoms with Crippen molar-refractivity contribution >= 4 is 18.4 Å². The number of ether oxygens (including phenoxy) is 1. The summed E-state index contributed by atoms with van der Waals surface area (Å²) in [7, 11) is 2.77. The van der Waals surface area contributed by atoms with Gasteiger partial charge in [-0.3, -0.25) is 4.79 Å². The van der Waals surface area contributed by atoms with Crippen LogP contribution in [0.2, 0.25) is 0 Å². The Morgan fingerprint density at radius 2 is 2.00 bits per heavy atom. The van der Waals surface area contributed by atoms with Crippen LogP contribution in [0, 0.1) is 0 Å². The summed E-state index contributed by atoms with van der Waals surface area (Å²) in [4.78, 5) is 15.0. The van der Waals surface area contributed by atoms with E-state index in [0.29, 0.717) is 0 Å². The third kappa shape index (κ3) is 4.55. The van der Waals surface area contributed by atoms with Crippen molar-refractivity contribution in [3.63, 3.8) is 0 Å². The predicted octanol–water partition coefficient (Wildman–Crippen LogP) is 0.121. The molecule has 0 rings (SSSR count). The number of methoxy groups -OCH3 is 1. The fourth-order valence-corrected chi connectivity index (χ4v) is 0.402. The van der Waals surface area contributed by atoms with Crippen LogP contribution >= 0.6 is 12.4 Å². The minimum atomic E-state index is -0.403. The number of rotatable bonds is 3. The predicted molar refractivity (Wildman–Crippen MR) is 38.9 cm³/mol. The van der Waals surface area contributed by atoms with Gasteiger partial charge in [-0.05, 0) is 6.92 Å². The molecule has 0 spiro atoms. The fourth-order valence-electron chi connectivity index (χ4n) is 0.402. The quantitative estimate of drug-likeness (QED) is 0.482. The number of halogens is 1. The molecule has 0 heterocycles. The van der Waals surface area contributed by atoms with Crippen molar-refractivity contribution in [1.29, 1.82) is 0 Å². The maximum Gasteiger partial charge on any atom is 0.324 e. The van der Waals surface area contributed by atoms with E-state index >= 15 is 0 Å². The SMILES string of the molecule is CONC(C)C(=O)OC.Cl. The summed E-state index contributed by atoms with van der Waals surface area (Å²) in [6.45, 7) is 1.65. The molecular weight excluding hydrogens is 158 g/mol.